The lowest BCUT2D eigenvalue weighted by Gasteiger charge is -2.25. The van der Waals surface area contributed by atoms with Crippen molar-refractivity contribution < 1.29 is 4.79 Å². The van der Waals surface area contributed by atoms with Crippen LogP contribution in [0.15, 0.2) is 24.3 Å². The van der Waals surface area contributed by atoms with Gasteiger partial charge in [0.1, 0.15) is 5.82 Å². The monoisotopic (exact) mass is 382 g/mol. The predicted molar refractivity (Wildman–Crippen MR) is 109 cm³/mol. The summed E-state index contributed by atoms with van der Waals surface area (Å²) in [4.78, 5) is 17.1. The van der Waals surface area contributed by atoms with Crippen molar-refractivity contribution in [2.75, 3.05) is 25.0 Å². The number of hydrogen-bond acceptors (Lipinski definition) is 4. The summed E-state index contributed by atoms with van der Waals surface area (Å²) >= 11 is 0. The average Bonchev–Trinajstić information content (AvgIpc) is 2.96. The van der Waals surface area contributed by atoms with Crippen molar-refractivity contribution in [3.05, 3.63) is 41.5 Å². The zero-order valence-electron chi connectivity index (χ0n) is 16.7. The van der Waals surface area contributed by atoms with Gasteiger partial charge in [0.2, 0.25) is 0 Å². The number of nitrogens with one attached hydrogen (secondary N) is 1. The van der Waals surface area contributed by atoms with Gasteiger partial charge in [0.15, 0.2) is 5.82 Å². The third-order valence-electron chi connectivity index (χ3n) is 5.76. The van der Waals surface area contributed by atoms with Crippen LogP contribution in [0.2, 0.25) is 0 Å². The van der Waals surface area contributed by atoms with Crippen LogP contribution in [-0.4, -0.2) is 50.2 Å². The van der Waals surface area contributed by atoms with Crippen LogP contribution in [-0.2, 0) is 26.1 Å². The number of hydrogen-bond donors (Lipinski definition) is 1. The quantitative estimate of drug-likeness (QED) is 0.881. The van der Waals surface area contributed by atoms with Gasteiger partial charge in [0.05, 0.1) is 13.1 Å². The number of fused-ring (bicyclic) bond motifs is 1. The van der Waals surface area contributed by atoms with Crippen LogP contribution in [0.1, 0.15) is 49.8 Å². The van der Waals surface area contributed by atoms with Gasteiger partial charge in [-0.3, -0.25) is 4.90 Å². The first-order chi connectivity index (χ1) is 13.7. The van der Waals surface area contributed by atoms with Gasteiger partial charge in [-0.25, -0.2) is 4.79 Å². The van der Waals surface area contributed by atoms with E-state index in [1.54, 1.807) is 0 Å². The second-order valence-corrected chi connectivity index (χ2v) is 7.78. The summed E-state index contributed by atoms with van der Waals surface area (Å²) < 4.78 is 2.22. The molecule has 0 unspecified atom stereocenters. The molecule has 0 saturated carbocycles. The summed E-state index contributed by atoms with van der Waals surface area (Å²) in [7, 11) is 0. The highest BCUT2D eigenvalue weighted by molar-refractivity contribution is 5.89. The van der Waals surface area contributed by atoms with E-state index in [2.05, 4.69) is 44.0 Å². The van der Waals surface area contributed by atoms with Crippen molar-refractivity contribution in [1.29, 1.82) is 0 Å². The molecule has 2 aliphatic rings. The molecule has 4 rings (SSSR count). The maximum atomic E-state index is 12.8. The molecule has 1 N–H and O–H groups in total. The molecule has 1 aromatic carbocycles. The second-order valence-electron chi connectivity index (χ2n) is 7.78. The van der Waals surface area contributed by atoms with Gasteiger partial charge < -0.3 is 14.8 Å². The Morgan fingerprint density at radius 3 is 2.54 bits per heavy atom. The first kappa shape index (κ1) is 18.9. The van der Waals surface area contributed by atoms with Crippen molar-refractivity contribution in [1.82, 2.24) is 24.6 Å². The number of amides is 2. The molecule has 1 aromatic heterocycles. The molecule has 2 aliphatic heterocycles. The predicted octanol–water partition coefficient (Wildman–Crippen LogP) is 3.26. The Balaban J connectivity index is 1.40. The highest BCUT2D eigenvalue weighted by Crippen LogP contribution is 2.18. The summed E-state index contributed by atoms with van der Waals surface area (Å²) in [6.45, 7) is 7.39. The number of likely N-dealkylation sites (tertiary alicyclic amines) is 1. The summed E-state index contributed by atoms with van der Waals surface area (Å²) in [5.74, 6) is 1.93. The summed E-state index contributed by atoms with van der Waals surface area (Å²) in [6.07, 6.45) is 5.79. The number of aryl methyl sites for hydroxylation is 1. The first-order valence-electron chi connectivity index (χ1n) is 10.5. The lowest BCUT2D eigenvalue weighted by Crippen LogP contribution is -2.34. The highest BCUT2D eigenvalue weighted by atomic mass is 16.2. The van der Waals surface area contributed by atoms with E-state index in [1.165, 1.54) is 24.8 Å². The van der Waals surface area contributed by atoms with Crippen LogP contribution in [0.5, 0.6) is 0 Å². The van der Waals surface area contributed by atoms with Gasteiger partial charge in [0.25, 0.3) is 0 Å². The number of piperidine rings is 1. The Kier molecular flexibility index (Phi) is 5.90. The van der Waals surface area contributed by atoms with E-state index < -0.39 is 0 Å². The third-order valence-corrected chi connectivity index (χ3v) is 5.76. The van der Waals surface area contributed by atoms with Gasteiger partial charge in [-0.1, -0.05) is 25.5 Å². The van der Waals surface area contributed by atoms with E-state index >= 15 is 0 Å². The summed E-state index contributed by atoms with van der Waals surface area (Å²) in [6, 6.07) is 7.98. The minimum Gasteiger partial charge on any atom is -0.317 e. The highest BCUT2D eigenvalue weighted by Gasteiger charge is 2.24. The normalized spacial score (nSPS) is 17.8. The van der Waals surface area contributed by atoms with Gasteiger partial charge in [-0.2, -0.15) is 0 Å². The maximum absolute atomic E-state index is 12.8. The van der Waals surface area contributed by atoms with Gasteiger partial charge in [0, 0.05) is 18.8 Å². The SMILES string of the molecule is CCc1ccc(NC(=O)N2CCCn3c(CN4CCCCC4)nnc3C2)cc1. The molecule has 0 bridgehead atoms. The van der Waals surface area contributed by atoms with Crippen LogP contribution in [0.4, 0.5) is 10.5 Å². The Labute approximate surface area is 166 Å². The number of benzene rings is 1. The molecular formula is C21H30N6O. The minimum atomic E-state index is -0.0710. The zero-order chi connectivity index (χ0) is 19.3. The van der Waals surface area contributed by atoms with Gasteiger partial charge in [-0.15, -0.1) is 10.2 Å². The largest absolute Gasteiger partial charge is 0.322 e. The number of rotatable bonds is 4. The van der Waals surface area contributed by atoms with Crippen molar-refractivity contribution in [2.24, 2.45) is 0 Å². The summed E-state index contributed by atoms with van der Waals surface area (Å²) in [5.41, 5.74) is 2.10. The number of carbonyl (C=O) groups is 1. The standard InChI is InChI=1S/C21H30N6O/c1-2-17-7-9-18(10-8-17)22-21(28)26-13-6-14-27-19(23-24-20(27)16-26)15-25-11-4-3-5-12-25/h7-10H,2-6,11-16H2,1H3,(H,22,28). The van der Waals surface area contributed by atoms with E-state index in [0.717, 1.165) is 62.9 Å². The molecule has 28 heavy (non-hydrogen) atoms. The van der Waals surface area contributed by atoms with Crippen molar-refractivity contribution in [3.63, 3.8) is 0 Å². The van der Waals surface area contributed by atoms with E-state index in [1.807, 2.05) is 17.0 Å². The van der Waals surface area contributed by atoms with E-state index in [0.29, 0.717) is 6.54 Å². The minimum absolute atomic E-state index is 0.0710. The Morgan fingerprint density at radius 1 is 1.00 bits per heavy atom. The Morgan fingerprint density at radius 2 is 1.79 bits per heavy atom. The topological polar surface area (TPSA) is 66.3 Å². The van der Waals surface area contributed by atoms with Crippen LogP contribution in [0.3, 0.4) is 0 Å². The zero-order valence-corrected chi connectivity index (χ0v) is 16.7. The fraction of sp³-hybridized carbons (Fsp3) is 0.571. The molecule has 3 heterocycles. The number of carbonyl (C=O) groups excluding carboxylic acids is 1. The summed E-state index contributed by atoms with van der Waals surface area (Å²) in [5, 5.41) is 11.9. The fourth-order valence-corrected chi connectivity index (χ4v) is 4.05. The second kappa shape index (κ2) is 8.73. The molecule has 7 nitrogen and oxygen atoms in total. The molecule has 0 spiro atoms. The molecular weight excluding hydrogens is 352 g/mol. The Hall–Kier alpha value is -2.41. The van der Waals surface area contributed by atoms with E-state index in [4.69, 9.17) is 0 Å². The Bertz CT molecular complexity index is 794. The molecule has 150 valence electrons. The number of urea groups is 1. The smallest absolute Gasteiger partial charge is 0.317 e. The molecule has 0 aliphatic carbocycles. The van der Waals surface area contributed by atoms with Crippen molar-refractivity contribution in [3.8, 4) is 0 Å². The molecule has 7 heteroatoms. The number of anilines is 1. The molecule has 2 amide bonds. The van der Waals surface area contributed by atoms with Crippen molar-refractivity contribution >= 4 is 11.7 Å². The average molecular weight is 383 g/mol. The van der Waals surface area contributed by atoms with E-state index in [9.17, 15) is 4.79 Å². The van der Waals surface area contributed by atoms with Gasteiger partial charge >= 0.3 is 6.03 Å². The third kappa shape index (κ3) is 4.35. The van der Waals surface area contributed by atoms with E-state index in [-0.39, 0.29) is 6.03 Å². The van der Waals surface area contributed by atoms with Crippen molar-refractivity contribution in [2.45, 2.75) is 58.7 Å². The lowest BCUT2D eigenvalue weighted by atomic mass is 10.1. The molecule has 1 saturated heterocycles. The molecule has 0 radical (unpaired) electrons. The number of aromatic nitrogens is 3. The molecule has 1 fully saturated rings. The first-order valence-corrected chi connectivity index (χ1v) is 10.5. The van der Waals surface area contributed by atoms with Crippen LogP contribution in [0.25, 0.3) is 0 Å². The van der Waals surface area contributed by atoms with Crippen LogP contribution in [0, 0.1) is 0 Å². The molecule has 0 atom stereocenters. The fourth-order valence-electron chi connectivity index (χ4n) is 4.05. The van der Waals surface area contributed by atoms with Gasteiger partial charge in [-0.05, 0) is 56.5 Å². The number of nitrogens with zero attached hydrogens (tertiary/aromatic N) is 5. The van der Waals surface area contributed by atoms with Crippen LogP contribution < -0.4 is 5.32 Å². The van der Waals surface area contributed by atoms with Crippen LogP contribution >= 0.6 is 0 Å². The molecule has 2 aromatic rings. The lowest BCUT2D eigenvalue weighted by molar-refractivity contribution is 0.209. The maximum Gasteiger partial charge on any atom is 0.322 e.